The number of aromatic hydroxyl groups is 4. The van der Waals surface area contributed by atoms with E-state index in [1.54, 1.807) is 0 Å². The van der Waals surface area contributed by atoms with E-state index in [1.165, 1.54) is 0 Å². The maximum Gasteiger partial charge on any atom is 0.177 e. The van der Waals surface area contributed by atoms with Crippen LogP contribution in [-0.4, -0.2) is 26.2 Å². The summed E-state index contributed by atoms with van der Waals surface area (Å²) in [6, 6.07) is 2.84. The fourth-order valence-corrected chi connectivity index (χ4v) is 1.72. The van der Waals surface area contributed by atoms with Gasteiger partial charge in [0.25, 0.3) is 0 Å². The third-order valence-corrected chi connectivity index (χ3v) is 2.72. The minimum Gasteiger partial charge on any atom is -0.508 e. The van der Waals surface area contributed by atoms with Gasteiger partial charge in [0.2, 0.25) is 0 Å². The summed E-state index contributed by atoms with van der Waals surface area (Å²) in [5, 5.41) is 38.3. The largest absolute Gasteiger partial charge is 0.508 e. The molecule has 2 aromatic rings. The summed E-state index contributed by atoms with van der Waals surface area (Å²) >= 11 is 0. The molecule has 1 unspecified atom stereocenters. The first kappa shape index (κ1) is 9.25. The van der Waals surface area contributed by atoms with Crippen LogP contribution in [0.25, 0.3) is 0 Å². The maximum atomic E-state index is 12.6. The molecule has 0 heterocycles. The van der Waals surface area contributed by atoms with Gasteiger partial charge in [0, 0.05) is 20.8 Å². The van der Waals surface area contributed by atoms with Crippen molar-refractivity contribution in [3.8, 4) is 23.0 Å². The highest BCUT2D eigenvalue weighted by Gasteiger charge is 2.24. The van der Waals surface area contributed by atoms with Crippen LogP contribution in [0, 0.1) is 0 Å². The highest BCUT2D eigenvalue weighted by Crippen LogP contribution is 2.35. The molecule has 0 aliphatic rings. The highest BCUT2D eigenvalue weighted by atomic mass is 16.3. The Morgan fingerprint density at radius 1 is 1.10 bits per heavy atom. The highest BCUT2D eigenvalue weighted by molar-refractivity contribution is 6.05. The summed E-state index contributed by atoms with van der Waals surface area (Å²) < 4.78 is 30.3. The first-order chi connectivity index (χ1) is 11.1. The summed E-state index contributed by atoms with van der Waals surface area (Å²) in [7, 11) is 0. The summed E-state index contributed by atoms with van der Waals surface area (Å²) in [4.78, 5) is 12.6. The average Bonchev–Trinajstić information content (AvgIpc) is 2.43. The number of ketones is 1. The van der Waals surface area contributed by atoms with Crippen LogP contribution in [0.2, 0.25) is 0 Å². The standard InChI is InChI=1S/C15H14O5/c1-8(9-2-4-10(16)5-3-9)15(20)14-12(18)6-11(17)7-13(14)19/h2-8,16-19H,1H3/i1D2,4D,5D. The summed E-state index contributed by atoms with van der Waals surface area (Å²) in [6.45, 7) is -1.77. The molecule has 5 heteroatoms. The second-order valence-electron chi connectivity index (χ2n) is 4.13. The van der Waals surface area contributed by atoms with Crippen molar-refractivity contribution in [1.82, 2.24) is 0 Å². The van der Waals surface area contributed by atoms with E-state index < -0.39 is 59.2 Å². The molecule has 20 heavy (non-hydrogen) atoms. The van der Waals surface area contributed by atoms with Crippen molar-refractivity contribution in [3.05, 3.63) is 47.5 Å². The lowest BCUT2D eigenvalue weighted by Crippen LogP contribution is -2.10. The van der Waals surface area contributed by atoms with Crippen LogP contribution < -0.4 is 0 Å². The fourth-order valence-electron chi connectivity index (χ4n) is 1.72. The van der Waals surface area contributed by atoms with Gasteiger partial charge in [0.05, 0.1) is 2.74 Å². The van der Waals surface area contributed by atoms with Gasteiger partial charge < -0.3 is 20.4 Å². The van der Waals surface area contributed by atoms with E-state index in [1.807, 2.05) is 0 Å². The number of carbonyl (C=O) groups excluding carboxylic acids is 1. The van der Waals surface area contributed by atoms with Crippen LogP contribution in [-0.2, 0) is 0 Å². The number of phenols is 4. The van der Waals surface area contributed by atoms with Gasteiger partial charge in [-0.25, -0.2) is 0 Å². The molecule has 2 aromatic carbocycles. The van der Waals surface area contributed by atoms with Crippen LogP contribution in [0.1, 0.15) is 34.2 Å². The van der Waals surface area contributed by atoms with Crippen LogP contribution in [0.4, 0.5) is 0 Å². The first-order valence-electron chi connectivity index (χ1n) is 7.72. The van der Waals surface area contributed by atoms with Crippen LogP contribution in [0.15, 0.2) is 36.4 Å². The third kappa shape index (κ3) is 2.51. The van der Waals surface area contributed by atoms with Crippen molar-refractivity contribution in [2.45, 2.75) is 12.8 Å². The van der Waals surface area contributed by atoms with E-state index in [-0.39, 0.29) is 5.56 Å². The number of phenolic OH excluding ortho intramolecular Hbond substituents is 4. The molecule has 0 saturated heterocycles. The molecular formula is C15H14O5. The lowest BCUT2D eigenvalue weighted by Gasteiger charge is -2.13. The monoisotopic (exact) mass is 278 g/mol. The fraction of sp³-hybridized carbons (Fsp3) is 0.133. The first-order valence-corrected chi connectivity index (χ1v) is 5.57. The molecule has 0 radical (unpaired) electrons. The number of Topliss-reactive ketones (excluding diaryl/α,β-unsaturated/α-hetero) is 1. The van der Waals surface area contributed by atoms with Crippen molar-refractivity contribution in [1.29, 1.82) is 0 Å². The van der Waals surface area contributed by atoms with Gasteiger partial charge in [-0.15, -0.1) is 0 Å². The SMILES string of the molecule is [2H]c1cc(C(C(=O)c2c(O)cc(O)cc2O)C([2H])[2H])cc([2H])c1O. The predicted octanol–water partition coefficient (Wildman–Crippen LogP) is 2.50. The average molecular weight is 278 g/mol. The Morgan fingerprint density at radius 3 is 2.15 bits per heavy atom. The van der Waals surface area contributed by atoms with Gasteiger partial charge in [0.15, 0.2) is 5.78 Å². The van der Waals surface area contributed by atoms with Crippen molar-refractivity contribution in [3.63, 3.8) is 0 Å². The molecule has 4 N–H and O–H groups in total. The van der Waals surface area contributed by atoms with Crippen molar-refractivity contribution in [2.24, 2.45) is 0 Å². The van der Waals surface area contributed by atoms with E-state index in [0.717, 1.165) is 24.3 Å². The van der Waals surface area contributed by atoms with Crippen molar-refractivity contribution >= 4 is 5.78 Å². The quantitative estimate of drug-likeness (QED) is 0.647. The van der Waals surface area contributed by atoms with Gasteiger partial charge in [-0.05, 0) is 17.6 Å². The molecule has 0 spiro atoms. The molecule has 2 rings (SSSR count). The Kier molecular flexibility index (Phi) is 2.37. The summed E-state index contributed by atoms with van der Waals surface area (Å²) in [5.41, 5.74) is -0.622. The molecule has 0 aromatic heterocycles. The Morgan fingerprint density at radius 2 is 1.65 bits per heavy atom. The molecule has 0 bridgehead atoms. The van der Waals surface area contributed by atoms with E-state index in [4.69, 9.17) is 5.48 Å². The van der Waals surface area contributed by atoms with Gasteiger partial charge in [-0.2, -0.15) is 0 Å². The smallest absolute Gasteiger partial charge is 0.177 e. The second-order valence-corrected chi connectivity index (χ2v) is 4.13. The van der Waals surface area contributed by atoms with E-state index in [0.29, 0.717) is 0 Å². The summed E-state index contributed by atoms with van der Waals surface area (Å²) in [5.74, 6) is -5.02. The Bertz CT molecular complexity index is 760. The summed E-state index contributed by atoms with van der Waals surface area (Å²) in [6.07, 6.45) is 0. The zero-order chi connectivity index (χ0) is 18.2. The zero-order valence-electron chi connectivity index (χ0n) is 14.2. The molecule has 0 amide bonds. The molecule has 0 saturated carbocycles. The minimum atomic E-state index is -1.77. The Labute approximate surface area is 121 Å². The van der Waals surface area contributed by atoms with E-state index in [9.17, 15) is 25.2 Å². The number of carbonyl (C=O) groups is 1. The van der Waals surface area contributed by atoms with E-state index >= 15 is 0 Å². The van der Waals surface area contributed by atoms with E-state index in [2.05, 4.69) is 0 Å². The van der Waals surface area contributed by atoms with Crippen molar-refractivity contribution in [2.75, 3.05) is 0 Å². The molecule has 5 nitrogen and oxygen atoms in total. The maximum absolute atomic E-state index is 12.6. The molecule has 104 valence electrons. The molecule has 0 fully saturated rings. The number of hydrogen-bond donors (Lipinski definition) is 4. The Balaban J connectivity index is 2.59. The third-order valence-electron chi connectivity index (χ3n) is 2.72. The van der Waals surface area contributed by atoms with Crippen LogP contribution in [0.3, 0.4) is 0 Å². The normalized spacial score (nSPS) is 15.1. The molecule has 0 aliphatic carbocycles. The molecule has 1 atom stereocenters. The van der Waals surface area contributed by atoms with Crippen LogP contribution in [0.5, 0.6) is 23.0 Å². The van der Waals surface area contributed by atoms with Crippen LogP contribution >= 0.6 is 0 Å². The van der Waals surface area contributed by atoms with Crippen molar-refractivity contribution < 1.29 is 30.7 Å². The predicted molar refractivity (Wildman–Crippen MR) is 72.3 cm³/mol. The molecular weight excluding hydrogens is 260 g/mol. The number of hydrogen-bond acceptors (Lipinski definition) is 5. The lowest BCUT2D eigenvalue weighted by atomic mass is 9.91. The topological polar surface area (TPSA) is 98.0 Å². The molecule has 0 aliphatic heterocycles. The second kappa shape index (κ2) is 5.13. The lowest BCUT2D eigenvalue weighted by molar-refractivity contribution is 0.0960. The minimum absolute atomic E-state index is 0.0466. The van der Waals surface area contributed by atoms with Gasteiger partial charge >= 0.3 is 0 Å². The van der Waals surface area contributed by atoms with Gasteiger partial charge in [-0.1, -0.05) is 19.0 Å². The number of rotatable bonds is 3. The number of benzene rings is 2. The Hall–Kier alpha value is -2.69. The van der Waals surface area contributed by atoms with Gasteiger partial charge in [-0.3, -0.25) is 4.79 Å². The zero-order valence-corrected chi connectivity index (χ0v) is 10.2. The van der Waals surface area contributed by atoms with Gasteiger partial charge in [0.1, 0.15) is 28.6 Å².